The molecule has 1 aromatic carbocycles. The van der Waals surface area contributed by atoms with Crippen LogP contribution in [0, 0.1) is 0 Å². The van der Waals surface area contributed by atoms with Gasteiger partial charge in [0.25, 0.3) is 0 Å². The number of hydrogen-bond donors (Lipinski definition) is 1. The Labute approximate surface area is 116 Å². The highest BCUT2D eigenvalue weighted by Crippen LogP contribution is 2.32. The first kappa shape index (κ1) is 12.7. The van der Waals surface area contributed by atoms with Crippen LogP contribution in [0.15, 0.2) is 28.8 Å². The van der Waals surface area contributed by atoms with Crippen LogP contribution in [0.5, 0.6) is 0 Å². The van der Waals surface area contributed by atoms with Crippen LogP contribution in [0.3, 0.4) is 0 Å². The molecule has 1 saturated heterocycles. The Morgan fingerprint density at radius 2 is 2.11 bits per heavy atom. The van der Waals surface area contributed by atoms with Crippen molar-refractivity contribution in [2.45, 2.75) is 25.4 Å². The molecule has 1 aliphatic rings. The average Bonchev–Trinajstić information content (AvgIpc) is 3.07. The molecule has 1 aromatic heterocycles. The molecular weight excluding hydrogens is 260 g/mol. The van der Waals surface area contributed by atoms with Crippen molar-refractivity contribution in [3.05, 3.63) is 35.7 Å². The van der Waals surface area contributed by atoms with E-state index in [1.807, 2.05) is 12.1 Å². The number of rotatable bonds is 3. The first-order valence-electron chi connectivity index (χ1n) is 6.46. The smallest absolute Gasteiger partial charge is 0.233 e. The van der Waals surface area contributed by atoms with Crippen LogP contribution in [0.25, 0.3) is 11.4 Å². The number of hydrogen-bond acceptors (Lipinski definition) is 5. The minimum absolute atomic E-state index is 0.0267. The summed E-state index contributed by atoms with van der Waals surface area (Å²) in [6, 6.07) is 8.16. The maximum absolute atomic E-state index is 9.84. The van der Waals surface area contributed by atoms with Crippen molar-refractivity contribution < 1.29 is 9.63 Å². The molecule has 0 spiro atoms. The zero-order valence-electron chi connectivity index (χ0n) is 10.7. The van der Waals surface area contributed by atoms with Gasteiger partial charge in [0.1, 0.15) is 0 Å². The number of aromatic nitrogens is 2. The summed E-state index contributed by atoms with van der Waals surface area (Å²) >= 11 is 1.72. The summed E-state index contributed by atoms with van der Waals surface area (Å²) in [5, 5.41) is 13.9. The largest absolute Gasteiger partial charge is 0.391 e. The molecule has 19 heavy (non-hydrogen) atoms. The standard InChI is InChI=1S/C14H16N2O2S/c1-2-9-3-5-10(6-4-9)13-15-14(18-16-13)11-7-19-8-12(11)17/h3-6,11-12,17H,2,7-8H2,1H3. The fraction of sp³-hybridized carbons (Fsp3) is 0.429. The van der Waals surface area contributed by atoms with Gasteiger partial charge in [-0.15, -0.1) is 0 Å². The number of aryl methyl sites for hydroxylation is 1. The van der Waals surface area contributed by atoms with Crippen molar-refractivity contribution in [1.82, 2.24) is 10.1 Å². The molecule has 2 aromatic rings. The maximum atomic E-state index is 9.84. The van der Waals surface area contributed by atoms with E-state index in [9.17, 15) is 5.11 Å². The van der Waals surface area contributed by atoms with E-state index < -0.39 is 0 Å². The van der Waals surface area contributed by atoms with Gasteiger partial charge in [-0.25, -0.2) is 0 Å². The average molecular weight is 276 g/mol. The Bertz CT molecular complexity index is 553. The van der Waals surface area contributed by atoms with E-state index in [4.69, 9.17) is 4.52 Å². The maximum Gasteiger partial charge on any atom is 0.233 e. The molecule has 0 radical (unpaired) electrons. The molecule has 0 aliphatic carbocycles. The highest BCUT2D eigenvalue weighted by Gasteiger charge is 2.32. The molecule has 1 aliphatic heterocycles. The van der Waals surface area contributed by atoms with Crippen LogP contribution >= 0.6 is 11.8 Å². The van der Waals surface area contributed by atoms with Crippen LogP contribution in [0.2, 0.25) is 0 Å². The predicted octanol–water partition coefficient (Wildman–Crippen LogP) is 2.49. The number of aliphatic hydroxyl groups is 1. The van der Waals surface area contributed by atoms with Crippen molar-refractivity contribution in [1.29, 1.82) is 0 Å². The SMILES string of the molecule is CCc1ccc(-c2noc(C3CSCC3O)n2)cc1. The lowest BCUT2D eigenvalue weighted by Crippen LogP contribution is -2.15. The monoisotopic (exact) mass is 276 g/mol. The third kappa shape index (κ3) is 2.53. The molecule has 0 amide bonds. The van der Waals surface area contributed by atoms with E-state index in [0.717, 1.165) is 23.5 Å². The molecular formula is C14H16N2O2S. The molecule has 4 nitrogen and oxygen atoms in total. The van der Waals surface area contributed by atoms with E-state index >= 15 is 0 Å². The van der Waals surface area contributed by atoms with E-state index in [2.05, 4.69) is 29.2 Å². The van der Waals surface area contributed by atoms with E-state index in [0.29, 0.717) is 11.7 Å². The molecule has 1 N–H and O–H groups in total. The summed E-state index contributed by atoms with van der Waals surface area (Å²) < 4.78 is 5.30. The summed E-state index contributed by atoms with van der Waals surface area (Å²) in [6.45, 7) is 2.13. The second kappa shape index (κ2) is 5.35. The number of thioether (sulfide) groups is 1. The normalized spacial score (nSPS) is 22.8. The molecule has 0 bridgehead atoms. The van der Waals surface area contributed by atoms with Crippen LogP contribution in [-0.4, -0.2) is 32.9 Å². The lowest BCUT2D eigenvalue weighted by Gasteiger charge is -2.06. The van der Waals surface area contributed by atoms with Gasteiger partial charge in [0, 0.05) is 17.1 Å². The molecule has 2 unspecified atom stereocenters. The van der Waals surface area contributed by atoms with Gasteiger partial charge in [0.05, 0.1) is 12.0 Å². The number of aliphatic hydroxyl groups excluding tert-OH is 1. The van der Waals surface area contributed by atoms with Gasteiger partial charge in [-0.3, -0.25) is 0 Å². The van der Waals surface area contributed by atoms with E-state index in [1.165, 1.54) is 5.56 Å². The fourth-order valence-electron chi connectivity index (χ4n) is 2.17. The van der Waals surface area contributed by atoms with E-state index in [1.54, 1.807) is 11.8 Å². The predicted molar refractivity (Wildman–Crippen MR) is 75.2 cm³/mol. The lowest BCUT2D eigenvalue weighted by atomic mass is 10.1. The minimum Gasteiger partial charge on any atom is -0.391 e. The van der Waals surface area contributed by atoms with Crippen LogP contribution in [0.4, 0.5) is 0 Å². The molecule has 100 valence electrons. The summed E-state index contributed by atoms with van der Waals surface area (Å²) in [6.07, 6.45) is 0.643. The van der Waals surface area contributed by atoms with Crippen LogP contribution < -0.4 is 0 Å². The second-order valence-electron chi connectivity index (χ2n) is 4.72. The Morgan fingerprint density at radius 3 is 2.74 bits per heavy atom. The van der Waals surface area contributed by atoms with Crippen molar-refractivity contribution in [3.8, 4) is 11.4 Å². The van der Waals surface area contributed by atoms with Gasteiger partial charge in [-0.05, 0) is 12.0 Å². The molecule has 1 fully saturated rings. The summed E-state index contributed by atoms with van der Waals surface area (Å²) in [5.74, 6) is 2.71. The topological polar surface area (TPSA) is 59.2 Å². The van der Waals surface area contributed by atoms with Gasteiger partial charge in [0.2, 0.25) is 11.7 Å². The van der Waals surface area contributed by atoms with Gasteiger partial charge in [-0.1, -0.05) is 36.3 Å². The Balaban J connectivity index is 1.83. The van der Waals surface area contributed by atoms with Crippen molar-refractivity contribution in [3.63, 3.8) is 0 Å². The van der Waals surface area contributed by atoms with Crippen molar-refractivity contribution in [2.24, 2.45) is 0 Å². The lowest BCUT2D eigenvalue weighted by molar-refractivity contribution is 0.164. The third-order valence-corrected chi connectivity index (χ3v) is 4.60. The van der Waals surface area contributed by atoms with Crippen LogP contribution in [-0.2, 0) is 6.42 Å². The quantitative estimate of drug-likeness (QED) is 0.933. The molecule has 5 heteroatoms. The molecule has 3 rings (SSSR count). The zero-order chi connectivity index (χ0) is 13.2. The Hall–Kier alpha value is -1.33. The van der Waals surface area contributed by atoms with Crippen LogP contribution in [0.1, 0.15) is 24.3 Å². The fourth-order valence-corrected chi connectivity index (χ4v) is 3.40. The highest BCUT2D eigenvalue weighted by molar-refractivity contribution is 7.99. The Morgan fingerprint density at radius 1 is 1.32 bits per heavy atom. The van der Waals surface area contributed by atoms with Crippen molar-refractivity contribution in [2.75, 3.05) is 11.5 Å². The minimum atomic E-state index is -0.374. The van der Waals surface area contributed by atoms with Crippen molar-refractivity contribution >= 4 is 11.8 Å². The number of nitrogens with zero attached hydrogens (tertiary/aromatic N) is 2. The van der Waals surface area contributed by atoms with Gasteiger partial charge < -0.3 is 9.63 Å². The molecule has 2 heterocycles. The molecule has 2 atom stereocenters. The van der Waals surface area contributed by atoms with E-state index in [-0.39, 0.29) is 12.0 Å². The van der Waals surface area contributed by atoms with Gasteiger partial charge >= 0.3 is 0 Å². The zero-order valence-corrected chi connectivity index (χ0v) is 11.6. The first-order chi connectivity index (χ1) is 9.28. The third-order valence-electron chi connectivity index (χ3n) is 3.43. The number of benzene rings is 1. The summed E-state index contributed by atoms with van der Waals surface area (Å²) in [5.41, 5.74) is 2.24. The summed E-state index contributed by atoms with van der Waals surface area (Å²) in [7, 11) is 0. The first-order valence-corrected chi connectivity index (χ1v) is 7.62. The van der Waals surface area contributed by atoms with Gasteiger partial charge in [0.15, 0.2) is 0 Å². The molecule has 0 saturated carbocycles. The summed E-state index contributed by atoms with van der Waals surface area (Å²) in [4.78, 5) is 4.42. The second-order valence-corrected chi connectivity index (χ2v) is 5.79. The highest BCUT2D eigenvalue weighted by atomic mass is 32.2. The Kier molecular flexibility index (Phi) is 3.57. The van der Waals surface area contributed by atoms with Gasteiger partial charge in [-0.2, -0.15) is 16.7 Å².